The predicted octanol–water partition coefficient (Wildman–Crippen LogP) is 3.84. The zero-order chi connectivity index (χ0) is 19.2. The van der Waals surface area contributed by atoms with Gasteiger partial charge in [0.2, 0.25) is 5.88 Å². The number of amides is 1. The molecule has 136 valence electrons. The molecular formula is C17H13ClF3N3O2. The van der Waals surface area contributed by atoms with Crippen LogP contribution >= 0.6 is 11.6 Å². The van der Waals surface area contributed by atoms with E-state index in [0.29, 0.717) is 0 Å². The van der Waals surface area contributed by atoms with Crippen LogP contribution in [0.15, 0.2) is 42.6 Å². The molecule has 0 saturated carbocycles. The average Bonchev–Trinajstić information content (AvgIpc) is 2.60. The number of halogens is 4. The van der Waals surface area contributed by atoms with Crippen molar-refractivity contribution in [2.45, 2.75) is 12.7 Å². The summed E-state index contributed by atoms with van der Waals surface area (Å²) in [6.45, 7) is -1.52. The summed E-state index contributed by atoms with van der Waals surface area (Å²) >= 11 is 5.85. The molecule has 0 aliphatic rings. The molecule has 0 fully saturated rings. The van der Waals surface area contributed by atoms with Crippen molar-refractivity contribution < 1.29 is 22.7 Å². The molecule has 0 radical (unpaired) electrons. The molecule has 0 bridgehead atoms. The van der Waals surface area contributed by atoms with Crippen LogP contribution < -0.4 is 4.74 Å². The van der Waals surface area contributed by atoms with Gasteiger partial charge in [0.1, 0.15) is 11.6 Å². The molecule has 0 atom stereocenters. The molecule has 0 aliphatic heterocycles. The Bertz CT molecular complexity index is 807. The molecule has 9 heteroatoms. The van der Waals surface area contributed by atoms with Crippen molar-refractivity contribution in [3.05, 3.63) is 58.7 Å². The maximum atomic E-state index is 12.6. The van der Waals surface area contributed by atoms with Crippen LogP contribution in [0, 0.1) is 11.3 Å². The SMILES string of the molecule is N#CCN(Cc1ccccc1)C(=O)c1cnc(OCC(F)(F)F)c(Cl)c1. The summed E-state index contributed by atoms with van der Waals surface area (Å²) in [7, 11) is 0. The van der Waals surface area contributed by atoms with E-state index in [4.69, 9.17) is 16.9 Å². The second-order valence-corrected chi connectivity index (χ2v) is 5.63. The number of ether oxygens (including phenoxy) is 1. The summed E-state index contributed by atoms with van der Waals surface area (Å²) in [4.78, 5) is 17.5. The quantitative estimate of drug-likeness (QED) is 0.711. The van der Waals surface area contributed by atoms with Gasteiger partial charge in [0.15, 0.2) is 6.61 Å². The van der Waals surface area contributed by atoms with Crippen LogP contribution in [0.2, 0.25) is 5.02 Å². The Hall–Kier alpha value is -2.79. The average molecular weight is 384 g/mol. The maximum Gasteiger partial charge on any atom is 0.422 e. The number of pyridine rings is 1. The summed E-state index contributed by atoms with van der Waals surface area (Å²) < 4.78 is 41.1. The first kappa shape index (κ1) is 19.5. The molecule has 2 rings (SSSR count). The first-order chi connectivity index (χ1) is 12.3. The molecule has 1 aromatic heterocycles. The van der Waals surface area contributed by atoms with Crippen molar-refractivity contribution in [1.82, 2.24) is 9.88 Å². The van der Waals surface area contributed by atoms with Gasteiger partial charge in [-0.15, -0.1) is 0 Å². The molecule has 0 spiro atoms. The third kappa shape index (κ3) is 5.63. The third-order valence-electron chi connectivity index (χ3n) is 3.19. The number of hydrogen-bond donors (Lipinski definition) is 0. The number of carbonyl (C=O) groups excluding carboxylic acids is 1. The standard InChI is InChI=1S/C17H13ClF3N3O2/c18-14-8-13(9-23-15(14)26-11-17(19,20)21)16(25)24(7-6-22)10-12-4-2-1-3-5-12/h1-5,8-9H,7,10-11H2. The molecule has 1 heterocycles. The largest absolute Gasteiger partial charge is 0.467 e. The van der Waals surface area contributed by atoms with Crippen molar-refractivity contribution in [2.24, 2.45) is 0 Å². The minimum atomic E-state index is -4.53. The Morgan fingerprint density at radius 1 is 1.31 bits per heavy atom. The Morgan fingerprint density at radius 3 is 2.58 bits per heavy atom. The fraction of sp³-hybridized carbons (Fsp3) is 0.235. The predicted molar refractivity (Wildman–Crippen MR) is 87.6 cm³/mol. The van der Waals surface area contributed by atoms with Gasteiger partial charge in [0, 0.05) is 12.7 Å². The van der Waals surface area contributed by atoms with Crippen LogP contribution in [0.5, 0.6) is 5.88 Å². The molecule has 26 heavy (non-hydrogen) atoms. The Morgan fingerprint density at radius 2 is 2.00 bits per heavy atom. The lowest BCUT2D eigenvalue weighted by molar-refractivity contribution is -0.154. The van der Waals surface area contributed by atoms with Crippen molar-refractivity contribution in [3.63, 3.8) is 0 Å². The summed E-state index contributed by atoms with van der Waals surface area (Å²) in [5.41, 5.74) is 0.862. The monoisotopic (exact) mass is 383 g/mol. The highest BCUT2D eigenvalue weighted by Crippen LogP contribution is 2.25. The van der Waals surface area contributed by atoms with Crippen LogP contribution in [0.4, 0.5) is 13.2 Å². The summed E-state index contributed by atoms with van der Waals surface area (Å²) in [6, 6.07) is 12.1. The van der Waals surface area contributed by atoms with E-state index in [9.17, 15) is 18.0 Å². The van der Waals surface area contributed by atoms with Crippen molar-refractivity contribution >= 4 is 17.5 Å². The summed E-state index contributed by atoms with van der Waals surface area (Å²) in [6.07, 6.45) is -3.46. The van der Waals surface area contributed by atoms with Crippen molar-refractivity contribution in [1.29, 1.82) is 5.26 Å². The van der Waals surface area contributed by atoms with Crippen LogP contribution in [0.25, 0.3) is 0 Å². The first-order valence-corrected chi connectivity index (χ1v) is 7.73. The third-order valence-corrected chi connectivity index (χ3v) is 3.46. The fourth-order valence-corrected chi connectivity index (χ4v) is 2.29. The van der Waals surface area contributed by atoms with Crippen LogP contribution in [-0.2, 0) is 6.54 Å². The van der Waals surface area contributed by atoms with Crippen molar-refractivity contribution in [2.75, 3.05) is 13.2 Å². The number of benzene rings is 1. The fourth-order valence-electron chi connectivity index (χ4n) is 2.07. The molecule has 0 N–H and O–H groups in total. The first-order valence-electron chi connectivity index (χ1n) is 7.35. The minimum Gasteiger partial charge on any atom is -0.467 e. The number of rotatable bonds is 6. The van der Waals surface area contributed by atoms with E-state index >= 15 is 0 Å². The zero-order valence-corrected chi connectivity index (χ0v) is 14.1. The number of carbonyl (C=O) groups is 1. The topological polar surface area (TPSA) is 66.2 Å². The van der Waals surface area contributed by atoms with Gasteiger partial charge in [0.05, 0.1) is 11.6 Å². The van der Waals surface area contributed by atoms with Gasteiger partial charge in [0.25, 0.3) is 5.91 Å². The smallest absolute Gasteiger partial charge is 0.422 e. The highest BCUT2D eigenvalue weighted by molar-refractivity contribution is 6.32. The normalized spacial score (nSPS) is 10.9. The molecule has 1 aromatic carbocycles. The molecule has 2 aromatic rings. The second kappa shape index (κ2) is 8.54. The van der Waals surface area contributed by atoms with E-state index in [1.54, 1.807) is 24.3 Å². The molecule has 5 nitrogen and oxygen atoms in total. The van der Waals surface area contributed by atoms with Crippen molar-refractivity contribution in [3.8, 4) is 11.9 Å². The van der Waals surface area contributed by atoms with Gasteiger partial charge in [-0.25, -0.2) is 4.98 Å². The zero-order valence-electron chi connectivity index (χ0n) is 13.3. The number of nitriles is 1. The Labute approximate surface area is 152 Å². The Balaban J connectivity index is 2.15. The molecular weight excluding hydrogens is 371 g/mol. The summed E-state index contributed by atoms with van der Waals surface area (Å²) in [5.74, 6) is -0.942. The number of aromatic nitrogens is 1. The van der Waals surface area contributed by atoms with Gasteiger partial charge >= 0.3 is 6.18 Å². The van der Waals surface area contributed by atoms with Crippen LogP contribution in [0.1, 0.15) is 15.9 Å². The number of alkyl halides is 3. The number of hydrogen-bond acceptors (Lipinski definition) is 4. The lowest BCUT2D eigenvalue weighted by atomic mass is 10.2. The van der Waals surface area contributed by atoms with E-state index in [-0.39, 0.29) is 23.7 Å². The molecule has 1 amide bonds. The lowest BCUT2D eigenvalue weighted by Gasteiger charge is -2.20. The van der Waals surface area contributed by atoms with E-state index in [0.717, 1.165) is 17.8 Å². The second-order valence-electron chi connectivity index (χ2n) is 5.22. The van der Waals surface area contributed by atoms with Gasteiger partial charge in [-0.05, 0) is 11.6 Å². The van der Waals surface area contributed by atoms with Crippen LogP contribution in [0.3, 0.4) is 0 Å². The van der Waals surface area contributed by atoms with Gasteiger partial charge in [-0.2, -0.15) is 18.4 Å². The van der Waals surface area contributed by atoms with Gasteiger partial charge in [-0.3, -0.25) is 4.79 Å². The minimum absolute atomic E-state index is 0.0422. The molecule has 0 saturated heterocycles. The van der Waals surface area contributed by atoms with E-state index in [1.165, 1.54) is 4.90 Å². The highest BCUT2D eigenvalue weighted by atomic mass is 35.5. The molecule has 0 unspecified atom stereocenters. The lowest BCUT2D eigenvalue weighted by Crippen LogP contribution is -2.31. The highest BCUT2D eigenvalue weighted by Gasteiger charge is 2.29. The number of nitrogens with zero attached hydrogens (tertiary/aromatic N) is 3. The van der Waals surface area contributed by atoms with E-state index < -0.39 is 24.6 Å². The molecule has 0 aliphatic carbocycles. The van der Waals surface area contributed by atoms with E-state index in [2.05, 4.69) is 9.72 Å². The van der Waals surface area contributed by atoms with Crippen LogP contribution in [-0.4, -0.2) is 35.1 Å². The maximum absolute atomic E-state index is 12.6. The Kier molecular flexibility index (Phi) is 6.41. The van der Waals surface area contributed by atoms with Gasteiger partial charge < -0.3 is 9.64 Å². The van der Waals surface area contributed by atoms with E-state index in [1.807, 2.05) is 12.1 Å². The van der Waals surface area contributed by atoms with Gasteiger partial charge in [-0.1, -0.05) is 41.9 Å². The summed E-state index contributed by atoms with van der Waals surface area (Å²) in [5, 5.41) is 8.72.